The van der Waals surface area contributed by atoms with Crippen molar-refractivity contribution in [1.82, 2.24) is 14.7 Å². The van der Waals surface area contributed by atoms with Gasteiger partial charge in [-0.3, -0.25) is 14.6 Å². The summed E-state index contributed by atoms with van der Waals surface area (Å²) in [6.45, 7) is 11.4. The van der Waals surface area contributed by atoms with Crippen molar-refractivity contribution in [3.05, 3.63) is 29.8 Å². The first kappa shape index (κ1) is 16.9. The van der Waals surface area contributed by atoms with Gasteiger partial charge in [0.05, 0.1) is 5.92 Å². The van der Waals surface area contributed by atoms with Gasteiger partial charge >= 0.3 is 0 Å². The summed E-state index contributed by atoms with van der Waals surface area (Å²) in [5.41, 5.74) is 1.16. The molecule has 5 nitrogen and oxygen atoms in total. The standard InChI is InChI=1S/C20H29N3O2/c1-15(2)21-7-9-22(10-8-21)18-12-23(13-18)20(24)17-11-16-5-3-4-6-19(16)25-14-17/h3-6,15,17-18H,7-14H2,1-2H3. The van der Waals surface area contributed by atoms with Crippen LogP contribution in [0.4, 0.5) is 0 Å². The van der Waals surface area contributed by atoms with Crippen molar-refractivity contribution in [2.45, 2.75) is 32.4 Å². The van der Waals surface area contributed by atoms with Crippen LogP contribution >= 0.6 is 0 Å². The molecule has 2 fully saturated rings. The number of ether oxygens (including phenoxy) is 1. The third kappa shape index (κ3) is 3.40. The number of fused-ring (bicyclic) bond motifs is 1. The smallest absolute Gasteiger partial charge is 0.229 e. The molecule has 0 aliphatic carbocycles. The summed E-state index contributed by atoms with van der Waals surface area (Å²) >= 11 is 0. The minimum Gasteiger partial charge on any atom is -0.492 e. The maximum absolute atomic E-state index is 12.8. The summed E-state index contributed by atoms with van der Waals surface area (Å²) in [7, 11) is 0. The van der Waals surface area contributed by atoms with E-state index in [4.69, 9.17) is 4.74 Å². The molecule has 0 aromatic heterocycles. The lowest BCUT2D eigenvalue weighted by Gasteiger charge is -2.49. The lowest BCUT2D eigenvalue weighted by molar-refractivity contribution is -0.145. The number of rotatable bonds is 3. The maximum Gasteiger partial charge on any atom is 0.229 e. The normalized spacial score (nSPS) is 25.4. The molecule has 3 heterocycles. The summed E-state index contributed by atoms with van der Waals surface area (Å²) in [4.78, 5) is 19.9. The molecule has 3 aliphatic rings. The molecule has 1 unspecified atom stereocenters. The minimum absolute atomic E-state index is 0.0198. The van der Waals surface area contributed by atoms with Crippen LogP contribution in [0.3, 0.4) is 0 Å². The number of likely N-dealkylation sites (tertiary alicyclic amines) is 1. The molecule has 0 radical (unpaired) electrons. The molecule has 4 rings (SSSR count). The number of hydrogen-bond acceptors (Lipinski definition) is 4. The van der Waals surface area contributed by atoms with Crippen LogP contribution in [0.2, 0.25) is 0 Å². The Balaban J connectivity index is 1.26. The summed E-state index contributed by atoms with van der Waals surface area (Å²) < 4.78 is 5.79. The number of carbonyl (C=O) groups is 1. The monoisotopic (exact) mass is 343 g/mol. The van der Waals surface area contributed by atoms with E-state index in [-0.39, 0.29) is 11.8 Å². The van der Waals surface area contributed by atoms with Crippen molar-refractivity contribution in [3.63, 3.8) is 0 Å². The Morgan fingerprint density at radius 3 is 2.56 bits per heavy atom. The Hall–Kier alpha value is -1.59. The van der Waals surface area contributed by atoms with Crippen LogP contribution in [0.15, 0.2) is 24.3 Å². The molecule has 136 valence electrons. The van der Waals surface area contributed by atoms with Gasteiger partial charge in [-0.1, -0.05) is 18.2 Å². The van der Waals surface area contributed by atoms with Crippen molar-refractivity contribution < 1.29 is 9.53 Å². The molecular formula is C20H29N3O2. The largest absolute Gasteiger partial charge is 0.492 e. The van der Waals surface area contributed by atoms with E-state index in [2.05, 4.69) is 29.7 Å². The van der Waals surface area contributed by atoms with Gasteiger partial charge in [0.15, 0.2) is 0 Å². The second-order valence-electron chi connectivity index (χ2n) is 7.88. The first-order chi connectivity index (χ1) is 12.1. The average molecular weight is 343 g/mol. The first-order valence-corrected chi connectivity index (χ1v) is 9.59. The summed E-state index contributed by atoms with van der Waals surface area (Å²) in [6.07, 6.45) is 0.809. The zero-order chi connectivity index (χ0) is 17.4. The van der Waals surface area contributed by atoms with Gasteiger partial charge in [-0.15, -0.1) is 0 Å². The quantitative estimate of drug-likeness (QED) is 0.833. The molecule has 2 saturated heterocycles. The number of amides is 1. The van der Waals surface area contributed by atoms with Crippen molar-refractivity contribution >= 4 is 5.91 Å². The zero-order valence-corrected chi connectivity index (χ0v) is 15.4. The van der Waals surface area contributed by atoms with Crippen LogP contribution < -0.4 is 4.74 Å². The average Bonchev–Trinajstić information content (AvgIpc) is 2.60. The number of hydrogen-bond donors (Lipinski definition) is 0. The molecule has 1 aromatic rings. The second kappa shape index (κ2) is 6.96. The highest BCUT2D eigenvalue weighted by Crippen LogP contribution is 2.29. The summed E-state index contributed by atoms with van der Waals surface area (Å²) in [5, 5.41) is 0. The fourth-order valence-corrected chi connectivity index (χ4v) is 4.23. The van der Waals surface area contributed by atoms with E-state index in [0.29, 0.717) is 18.7 Å². The summed E-state index contributed by atoms with van der Waals surface area (Å²) in [6, 6.07) is 9.26. The Kier molecular flexibility index (Phi) is 4.69. The molecule has 1 amide bonds. The summed E-state index contributed by atoms with van der Waals surface area (Å²) in [5.74, 6) is 1.19. The van der Waals surface area contributed by atoms with Gasteiger partial charge < -0.3 is 9.64 Å². The Morgan fingerprint density at radius 2 is 1.84 bits per heavy atom. The van der Waals surface area contributed by atoms with Gasteiger partial charge in [0.2, 0.25) is 5.91 Å². The van der Waals surface area contributed by atoms with Crippen molar-refractivity contribution in [1.29, 1.82) is 0 Å². The van der Waals surface area contributed by atoms with Gasteiger partial charge in [0.25, 0.3) is 0 Å². The van der Waals surface area contributed by atoms with E-state index >= 15 is 0 Å². The lowest BCUT2D eigenvalue weighted by Crippen LogP contribution is -2.65. The van der Waals surface area contributed by atoms with E-state index < -0.39 is 0 Å². The molecule has 25 heavy (non-hydrogen) atoms. The Bertz CT molecular complexity index is 619. The predicted molar refractivity (Wildman–Crippen MR) is 97.8 cm³/mol. The topological polar surface area (TPSA) is 36.0 Å². The fourth-order valence-electron chi connectivity index (χ4n) is 4.23. The molecule has 0 spiro atoms. The number of nitrogens with zero attached hydrogens (tertiary/aromatic N) is 3. The van der Waals surface area contributed by atoms with Gasteiger partial charge in [-0.05, 0) is 31.9 Å². The van der Waals surface area contributed by atoms with Crippen LogP contribution in [-0.4, -0.2) is 78.6 Å². The third-order valence-corrected chi connectivity index (χ3v) is 6.00. The molecule has 5 heteroatoms. The van der Waals surface area contributed by atoms with Gasteiger partial charge in [0, 0.05) is 51.4 Å². The van der Waals surface area contributed by atoms with Gasteiger partial charge in [-0.2, -0.15) is 0 Å². The van der Waals surface area contributed by atoms with Crippen molar-refractivity contribution in [2.24, 2.45) is 5.92 Å². The lowest BCUT2D eigenvalue weighted by atomic mass is 9.93. The minimum atomic E-state index is -0.0198. The number of carbonyl (C=O) groups excluding carboxylic acids is 1. The molecular weight excluding hydrogens is 314 g/mol. The van der Waals surface area contributed by atoms with E-state index in [9.17, 15) is 4.79 Å². The third-order valence-electron chi connectivity index (χ3n) is 6.00. The van der Waals surface area contributed by atoms with Crippen LogP contribution in [-0.2, 0) is 11.2 Å². The highest BCUT2D eigenvalue weighted by molar-refractivity contribution is 5.80. The van der Waals surface area contributed by atoms with E-state index in [1.54, 1.807) is 0 Å². The second-order valence-corrected chi connectivity index (χ2v) is 7.88. The molecule has 3 aliphatic heterocycles. The van der Waals surface area contributed by atoms with Gasteiger partial charge in [-0.25, -0.2) is 0 Å². The highest BCUT2D eigenvalue weighted by atomic mass is 16.5. The first-order valence-electron chi connectivity index (χ1n) is 9.59. The van der Waals surface area contributed by atoms with Crippen LogP contribution in [0, 0.1) is 5.92 Å². The van der Waals surface area contributed by atoms with E-state index in [1.165, 1.54) is 0 Å². The van der Waals surface area contributed by atoms with Crippen LogP contribution in [0.25, 0.3) is 0 Å². The Labute approximate surface area is 150 Å². The molecule has 0 bridgehead atoms. The van der Waals surface area contributed by atoms with Crippen LogP contribution in [0.5, 0.6) is 5.75 Å². The number of benzene rings is 1. The molecule has 0 N–H and O–H groups in total. The van der Waals surface area contributed by atoms with E-state index in [1.807, 2.05) is 23.1 Å². The Morgan fingerprint density at radius 1 is 1.12 bits per heavy atom. The van der Waals surface area contributed by atoms with Crippen molar-refractivity contribution in [2.75, 3.05) is 45.9 Å². The molecule has 0 saturated carbocycles. The maximum atomic E-state index is 12.8. The zero-order valence-electron chi connectivity index (χ0n) is 15.4. The number of para-hydroxylation sites is 1. The van der Waals surface area contributed by atoms with Crippen molar-refractivity contribution in [3.8, 4) is 5.75 Å². The number of piperazine rings is 1. The van der Waals surface area contributed by atoms with E-state index in [0.717, 1.165) is 57.0 Å². The SMILES string of the molecule is CC(C)N1CCN(C2CN(C(=O)C3COc4ccccc4C3)C2)CC1. The van der Waals surface area contributed by atoms with Gasteiger partial charge in [0.1, 0.15) is 12.4 Å². The molecule has 1 atom stereocenters. The molecule has 1 aromatic carbocycles. The predicted octanol–water partition coefficient (Wildman–Crippen LogP) is 1.47. The fraction of sp³-hybridized carbons (Fsp3) is 0.650. The van der Waals surface area contributed by atoms with Crippen LogP contribution in [0.1, 0.15) is 19.4 Å². The highest BCUT2D eigenvalue weighted by Gasteiger charge is 2.39.